The molecule has 3 heterocycles. The van der Waals surface area contributed by atoms with Crippen LogP contribution < -0.4 is 14.8 Å². The molecule has 0 radical (unpaired) electrons. The van der Waals surface area contributed by atoms with Crippen LogP contribution in [0.5, 0.6) is 17.4 Å². The quantitative estimate of drug-likeness (QED) is 0.401. The minimum Gasteiger partial charge on any atom is -0.439 e. The van der Waals surface area contributed by atoms with Crippen LogP contribution >= 0.6 is 0 Å². The fourth-order valence-electron chi connectivity index (χ4n) is 3.36. The Balaban J connectivity index is 1.38. The largest absolute Gasteiger partial charge is 0.573 e. The molecule has 0 saturated carbocycles. The summed E-state index contributed by atoms with van der Waals surface area (Å²) >= 11 is 0. The number of ether oxygens (including phenoxy) is 2. The zero-order chi connectivity index (χ0) is 24.3. The molecule has 0 fully saturated rings. The average Bonchev–Trinajstić information content (AvgIpc) is 3.16. The lowest BCUT2D eigenvalue weighted by molar-refractivity contribution is -0.274. The third-order valence-electron chi connectivity index (χ3n) is 4.92. The normalized spacial score (nSPS) is 11.4. The van der Waals surface area contributed by atoms with Gasteiger partial charge in [-0.2, -0.15) is 0 Å². The van der Waals surface area contributed by atoms with Gasteiger partial charge in [0.05, 0.1) is 5.69 Å². The molecule has 0 spiro atoms. The van der Waals surface area contributed by atoms with Crippen molar-refractivity contribution in [2.45, 2.75) is 33.2 Å². The summed E-state index contributed by atoms with van der Waals surface area (Å²) in [6.45, 7) is 4.15. The number of amides is 1. The first-order valence-electron chi connectivity index (χ1n) is 10.5. The van der Waals surface area contributed by atoms with Crippen LogP contribution in [0.3, 0.4) is 0 Å². The molecule has 1 N–H and O–H groups in total. The lowest BCUT2D eigenvalue weighted by atomic mass is 10.2. The summed E-state index contributed by atoms with van der Waals surface area (Å²) in [7, 11) is 0. The zero-order valence-electron chi connectivity index (χ0n) is 18.4. The van der Waals surface area contributed by atoms with Gasteiger partial charge in [0.15, 0.2) is 0 Å². The number of nitrogens with zero attached hydrogens (tertiary/aromatic N) is 3. The number of rotatable bonds is 7. The molecule has 3 aromatic heterocycles. The van der Waals surface area contributed by atoms with Crippen LogP contribution in [0.15, 0.2) is 60.9 Å². The molecule has 0 aliphatic carbocycles. The summed E-state index contributed by atoms with van der Waals surface area (Å²) in [5.41, 5.74) is 3.71. The predicted molar refractivity (Wildman–Crippen MR) is 118 cm³/mol. The van der Waals surface area contributed by atoms with Gasteiger partial charge >= 0.3 is 6.36 Å². The van der Waals surface area contributed by atoms with Gasteiger partial charge in [0.2, 0.25) is 5.88 Å². The molecule has 176 valence electrons. The van der Waals surface area contributed by atoms with Crippen LogP contribution in [0.25, 0.3) is 5.65 Å². The van der Waals surface area contributed by atoms with Gasteiger partial charge in [-0.15, -0.1) is 13.2 Å². The lowest BCUT2D eigenvalue weighted by Gasteiger charge is -2.10. The van der Waals surface area contributed by atoms with Crippen molar-refractivity contribution in [3.63, 3.8) is 0 Å². The van der Waals surface area contributed by atoms with Gasteiger partial charge < -0.3 is 14.8 Å². The van der Waals surface area contributed by atoms with E-state index in [4.69, 9.17) is 4.74 Å². The fraction of sp³-hybridized carbons (Fsp3) is 0.208. The SMILES string of the molecule is CCc1nc2ccc(C)cn2c1C(=O)NCc1ccc(Oc2ccc(OC(F)(F)F)cc2)nc1. The van der Waals surface area contributed by atoms with Gasteiger partial charge in [-0.3, -0.25) is 9.20 Å². The zero-order valence-corrected chi connectivity index (χ0v) is 18.4. The van der Waals surface area contributed by atoms with E-state index in [2.05, 4.69) is 20.0 Å². The number of halogens is 3. The van der Waals surface area contributed by atoms with Crippen molar-refractivity contribution in [3.05, 3.63) is 83.4 Å². The Labute approximate surface area is 193 Å². The fourth-order valence-corrected chi connectivity index (χ4v) is 3.36. The number of carbonyl (C=O) groups is 1. The number of aryl methyl sites for hydroxylation is 2. The minimum atomic E-state index is -4.75. The van der Waals surface area contributed by atoms with E-state index >= 15 is 0 Å². The Bertz CT molecular complexity index is 1300. The van der Waals surface area contributed by atoms with Crippen LogP contribution in [0, 0.1) is 6.92 Å². The van der Waals surface area contributed by atoms with Crippen molar-refractivity contribution in [1.82, 2.24) is 19.7 Å². The Kier molecular flexibility index (Phi) is 6.40. The highest BCUT2D eigenvalue weighted by Crippen LogP contribution is 2.26. The number of nitrogens with one attached hydrogen (secondary N) is 1. The first kappa shape index (κ1) is 23.1. The topological polar surface area (TPSA) is 77.8 Å². The maximum Gasteiger partial charge on any atom is 0.573 e. The van der Waals surface area contributed by atoms with Crippen molar-refractivity contribution in [3.8, 4) is 17.4 Å². The molecule has 0 bridgehead atoms. The van der Waals surface area contributed by atoms with E-state index in [0.717, 1.165) is 29.0 Å². The second-order valence-electron chi connectivity index (χ2n) is 7.50. The molecule has 1 aromatic carbocycles. The molecule has 0 unspecified atom stereocenters. The summed E-state index contributed by atoms with van der Waals surface area (Å²) < 4.78 is 47.9. The van der Waals surface area contributed by atoms with Crippen LogP contribution in [-0.2, 0) is 13.0 Å². The molecule has 0 aliphatic heterocycles. The molecule has 4 aromatic rings. The average molecular weight is 470 g/mol. The molecule has 34 heavy (non-hydrogen) atoms. The number of carbonyl (C=O) groups excluding carboxylic acids is 1. The number of pyridine rings is 2. The monoisotopic (exact) mass is 470 g/mol. The number of hydrogen-bond donors (Lipinski definition) is 1. The lowest BCUT2D eigenvalue weighted by Crippen LogP contribution is -2.25. The summed E-state index contributed by atoms with van der Waals surface area (Å²) in [6, 6.07) is 12.2. The van der Waals surface area contributed by atoms with Crippen LogP contribution in [0.2, 0.25) is 0 Å². The Morgan fingerprint density at radius 1 is 1.06 bits per heavy atom. The third kappa shape index (κ3) is 5.45. The number of imidazole rings is 1. The Morgan fingerprint density at radius 2 is 1.79 bits per heavy atom. The highest BCUT2D eigenvalue weighted by molar-refractivity contribution is 5.94. The molecular weight excluding hydrogens is 449 g/mol. The van der Waals surface area contributed by atoms with Crippen molar-refractivity contribution < 1.29 is 27.4 Å². The maximum atomic E-state index is 12.9. The summed E-state index contributed by atoms with van der Waals surface area (Å²) in [6.07, 6.45) is -0.695. The first-order valence-corrected chi connectivity index (χ1v) is 10.5. The van der Waals surface area contributed by atoms with E-state index in [9.17, 15) is 18.0 Å². The number of fused-ring (bicyclic) bond motifs is 1. The smallest absolute Gasteiger partial charge is 0.439 e. The van der Waals surface area contributed by atoms with Gasteiger partial charge in [-0.1, -0.05) is 19.1 Å². The number of hydrogen-bond acceptors (Lipinski definition) is 5. The van der Waals surface area contributed by atoms with Crippen molar-refractivity contribution in [2.75, 3.05) is 0 Å². The van der Waals surface area contributed by atoms with Gasteiger partial charge in [0.1, 0.15) is 22.8 Å². The van der Waals surface area contributed by atoms with E-state index in [0.29, 0.717) is 23.5 Å². The summed E-state index contributed by atoms with van der Waals surface area (Å²) in [5.74, 6) is -0.0223. The van der Waals surface area contributed by atoms with E-state index in [1.54, 1.807) is 22.7 Å². The molecule has 0 atom stereocenters. The second kappa shape index (κ2) is 9.42. The Hall–Kier alpha value is -4.08. The van der Waals surface area contributed by atoms with Crippen LogP contribution in [0.1, 0.15) is 34.2 Å². The Morgan fingerprint density at radius 3 is 2.44 bits per heavy atom. The van der Waals surface area contributed by atoms with Gasteiger partial charge in [-0.05, 0) is 54.8 Å². The minimum absolute atomic E-state index is 0.239. The standard InChI is InChI=1S/C24H21F3N4O3/c1-3-19-22(31-14-15(2)4-10-20(31)30-19)23(32)29-13-16-5-11-21(28-12-16)33-17-6-8-18(9-7-17)34-24(25,26)27/h4-12,14H,3,13H2,1-2H3,(H,29,32). The van der Waals surface area contributed by atoms with E-state index < -0.39 is 6.36 Å². The molecule has 1 amide bonds. The van der Waals surface area contributed by atoms with Crippen molar-refractivity contribution >= 4 is 11.6 Å². The second-order valence-corrected chi connectivity index (χ2v) is 7.50. The maximum absolute atomic E-state index is 12.9. The molecule has 10 heteroatoms. The van der Waals surface area contributed by atoms with Gasteiger partial charge in [0.25, 0.3) is 5.91 Å². The molecule has 7 nitrogen and oxygen atoms in total. The van der Waals surface area contributed by atoms with Crippen LogP contribution in [-0.4, -0.2) is 26.6 Å². The van der Waals surface area contributed by atoms with E-state index in [1.807, 2.05) is 32.2 Å². The van der Waals surface area contributed by atoms with E-state index in [1.165, 1.54) is 12.1 Å². The van der Waals surface area contributed by atoms with E-state index in [-0.39, 0.29) is 24.1 Å². The predicted octanol–water partition coefficient (Wildman–Crippen LogP) is 5.22. The summed E-state index contributed by atoms with van der Waals surface area (Å²) in [5, 5.41) is 2.90. The number of alkyl halides is 3. The van der Waals surface area contributed by atoms with Crippen molar-refractivity contribution in [1.29, 1.82) is 0 Å². The molecule has 0 saturated heterocycles. The van der Waals surface area contributed by atoms with Crippen molar-refractivity contribution in [2.24, 2.45) is 0 Å². The molecular formula is C24H21F3N4O3. The third-order valence-corrected chi connectivity index (χ3v) is 4.92. The number of aromatic nitrogens is 3. The first-order chi connectivity index (χ1) is 16.2. The van der Waals surface area contributed by atoms with Crippen LogP contribution in [0.4, 0.5) is 13.2 Å². The molecule has 4 rings (SSSR count). The summed E-state index contributed by atoms with van der Waals surface area (Å²) in [4.78, 5) is 21.6. The van der Waals surface area contributed by atoms with Gasteiger partial charge in [-0.25, -0.2) is 9.97 Å². The molecule has 0 aliphatic rings. The highest BCUT2D eigenvalue weighted by Gasteiger charge is 2.31. The number of benzene rings is 1. The highest BCUT2D eigenvalue weighted by atomic mass is 19.4. The van der Waals surface area contributed by atoms with Gasteiger partial charge in [0, 0.05) is 25.0 Å².